The Morgan fingerprint density at radius 2 is 1.84 bits per heavy atom. The van der Waals surface area contributed by atoms with Crippen LogP contribution < -0.4 is 5.73 Å². The van der Waals surface area contributed by atoms with Crippen molar-refractivity contribution in [1.82, 2.24) is 19.5 Å². The Balaban J connectivity index is 1.72. The second-order valence-corrected chi connectivity index (χ2v) is 11.1. The maximum absolute atomic E-state index is 12.0. The van der Waals surface area contributed by atoms with Gasteiger partial charge < -0.3 is 39.9 Å². The van der Waals surface area contributed by atoms with Gasteiger partial charge in [-0.1, -0.05) is 0 Å². The minimum Gasteiger partial charge on any atom is -0.387 e. The van der Waals surface area contributed by atoms with Gasteiger partial charge in [0.25, 0.3) is 7.47 Å². The molecular formula is C10H14BClN5O12P3. The topological polar surface area (TPSA) is 259 Å². The normalized spacial score (nSPS) is 27.9. The molecule has 2 aromatic rings. The number of imidazole rings is 1. The molecule has 32 heavy (non-hydrogen) atoms. The molecule has 1 unspecified atom stereocenters. The molecule has 6 atom stereocenters. The van der Waals surface area contributed by atoms with Crippen LogP contribution in [-0.2, 0) is 31.6 Å². The first-order chi connectivity index (χ1) is 14.6. The second-order valence-electron chi connectivity index (χ2n) is 6.21. The van der Waals surface area contributed by atoms with Crippen LogP contribution in [0, 0.1) is 0 Å². The molecule has 1 fully saturated rings. The van der Waals surface area contributed by atoms with E-state index in [2.05, 4.69) is 28.1 Å². The summed E-state index contributed by atoms with van der Waals surface area (Å²) in [5.74, 6) is -0.0566. The number of nitrogen functional groups attached to an aromatic ring is 1. The third-order valence-electron chi connectivity index (χ3n) is 3.88. The lowest BCUT2D eigenvalue weighted by Crippen LogP contribution is -2.33. The van der Waals surface area contributed by atoms with E-state index in [4.69, 9.17) is 39.4 Å². The van der Waals surface area contributed by atoms with E-state index in [9.17, 15) is 28.8 Å². The van der Waals surface area contributed by atoms with Gasteiger partial charge in [-0.2, -0.15) is 14.3 Å². The minimum absolute atomic E-state index is 0.0566. The van der Waals surface area contributed by atoms with Gasteiger partial charge in [-0.25, -0.2) is 18.4 Å². The summed E-state index contributed by atoms with van der Waals surface area (Å²) in [6.07, 6.45) is -4.80. The Hall–Kier alpha value is -0.965. The molecule has 0 aliphatic carbocycles. The molecule has 2 radical (unpaired) electrons. The van der Waals surface area contributed by atoms with Crippen molar-refractivity contribution in [3.8, 4) is 0 Å². The molecule has 3 rings (SSSR count). The Bertz CT molecular complexity index is 1160. The highest BCUT2D eigenvalue weighted by atomic mass is 35.5. The van der Waals surface area contributed by atoms with Crippen molar-refractivity contribution >= 4 is 59.3 Å². The SMILES string of the molecule is [B][P@](=O)(OC[C@H]1O[C@@H](n2cnc3c(N)nc(Cl)nc32)[C@H](O)[C@@H]1O)OP(=O)(O)OP(=O)(O)O. The summed E-state index contributed by atoms with van der Waals surface area (Å²) >= 11 is 5.77. The molecular weight excluding hydrogens is 521 g/mol. The van der Waals surface area contributed by atoms with E-state index >= 15 is 0 Å². The van der Waals surface area contributed by atoms with Gasteiger partial charge in [0.1, 0.15) is 23.8 Å². The van der Waals surface area contributed by atoms with E-state index in [1.165, 1.54) is 10.9 Å². The van der Waals surface area contributed by atoms with Crippen LogP contribution in [0.4, 0.5) is 5.82 Å². The molecule has 2 aromatic heterocycles. The largest absolute Gasteiger partial charge is 0.487 e. The van der Waals surface area contributed by atoms with Crippen molar-refractivity contribution in [3.63, 3.8) is 0 Å². The smallest absolute Gasteiger partial charge is 0.387 e. The first kappa shape index (κ1) is 25.7. The monoisotopic (exact) mass is 535 g/mol. The highest BCUT2D eigenvalue weighted by molar-refractivity contribution is 7.84. The van der Waals surface area contributed by atoms with Crippen LogP contribution in [0.15, 0.2) is 6.33 Å². The number of aliphatic hydroxyl groups excluding tert-OH is 2. The van der Waals surface area contributed by atoms with Crippen molar-refractivity contribution in [1.29, 1.82) is 0 Å². The van der Waals surface area contributed by atoms with Crippen LogP contribution in [-0.4, -0.2) is 76.9 Å². The lowest BCUT2D eigenvalue weighted by molar-refractivity contribution is -0.0479. The number of hydrogen-bond donors (Lipinski definition) is 6. The molecule has 3 heterocycles. The van der Waals surface area contributed by atoms with Crippen LogP contribution in [0.2, 0.25) is 5.28 Å². The molecule has 0 spiro atoms. The standard InChI is InChI=1S/C10H14BClN5O12P3/c11-30(20,28-32(24,25)29-31(21,22)23)26-1-3-5(18)6(19)9(27-3)17-2-14-4-7(13)15-10(12)16-8(4)17/h2-3,5-6,9,18-19H,1H2,(H,24,25)(H2,13,15,16)(H2,21,22,23)/t3-,5-,6-,9-,30+/m1/s1. The number of anilines is 1. The van der Waals surface area contributed by atoms with Crippen LogP contribution in [0.5, 0.6) is 0 Å². The first-order valence-electron chi connectivity index (χ1n) is 8.10. The molecule has 176 valence electrons. The number of halogens is 1. The predicted octanol–water partition coefficient (Wildman–Crippen LogP) is -0.799. The van der Waals surface area contributed by atoms with Gasteiger partial charge in [-0.05, 0) is 11.6 Å². The molecule has 7 N–H and O–H groups in total. The fourth-order valence-corrected chi connectivity index (χ4v) is 6.02. The quantitative estimate of drug-likeness (QED) is 0.137. The maximum atomic E-state index is 12.0. The molecule has 1 aliphatic heterocycles. The lowest BCUT2D eigenvalue weighted by Gasteiger charge is -2.21. The molecule has 0 saturated carbocycles. The van der Waals surface area contributed by atoms with Crippen LogP contribution in [0.25, 0.3) is 11.2 Å². The third kappa shape index (κ3) is 5.93. The Morgan fingerprint density at radius 3 is 2.47 bits per heavy atom. The average molecular weight is 535 g/mol. The van der Waals surface area contributed by atoms with Gasteiger partial charge in [0, 0.05) is 0 Å². The lowest BCUT2D eigenvalue weighted by atomic mass is 10.1. The number of ether oxygens (including phenoxy) is 1. The number of aliphatic hydroxyl groups is 2. The number of aromatic nitrogens is 4. The zero-order chi connectivity index (χ0) is 24.1. The van der Waals surface area contributed by atoms with Gasteiger partial charge in [-0.15, -0.1) is 0 Å². The van der Waals surface area contributed by atoms with Crippen molar-refractivity contribution in [2.45, 2.75) is 24.5 Å². The van der Waals surface area contributed by atoms with Gasteiger partial charge in [0.2, 0.25) is 12.8 Å². The highest BCUT2D eigenvalue weighted by Crippen LogP contribution is 2.66. The molecule has 0 aromatic carbocycles. The number of nitrogens with zero attached hydrogens (tertiary/aromatic N) is 4. The van der Waals surface area contributed by atoms with E-state index < -0.39 is 54.3 Å². The van der Waals surface area contributed by atoms with Crippen molar-refractivity contribution in [2.24, 2.45) is 0 Å². The zero-order valence-electron chi connectivity index (χ0n) is 15.4. The van der Waals surface area contributed by atoms with Gasteiger partial charge >= 0.3 is 15.6 Å². The van der Waals surface area contributed by atoms with E-state index in [0.717, 1.165) is 0 Å². The summed E-state index contributed by atoms with van der Waals surface area (Å²) in [4.78, 5) is 37.9. The molecule has 17 nitrogen and oxygen atoms in total. The molecule has 0 bridgehead atoms. The number of phosphoric acid groups is 2. The summed E-state index contributed by atoms with van der Waals surface area (Å²) < 4.78 is 52.8. The number of rotatable bonds is 8. The van der Waals surface area contributed by atoms with Crippen molar-refractivity contribution in [3.05, 3.63) is 11.6 Å². The van der Waals surface area contributed by atoms with Gasteiger partial charge in [0.15, 0.2) is 17.7 Å². The second kappa shape index (κ2) is 9.00. The van der Waals surface area contributed by atoms with Crippen LogP contribution in [0.3, 0.4) is 0 Å². The summed E-state index contributed by atoms with van der Waals surface area (Å²) in [6.45, 7) is -0.858. The van der Waals surface area contributed by atoms with E-state index in [1.54, 1.807) is 0 Å². The van der Waals surface area contributed by atoms with Crippen LogP contribution in [0.1, 0.15) is 6.23 Å². The fraction of sp³-hybridized carbons (Fsp3) is 0.500. The summed E-state index contributed by atoms with van der Waals surface area (Å²) in [6, 6.07) is 0. The minimum atomic E-state index is -5.59. The molecule has 22 heteroatoms. The van der Waals surface area contributed by atoms with Gasteiger partial charge in [0.05, 0.1) is 12.9 Å². The molecule has 0 amide bonds. The van der Waals surface area contributed by atoms with E-state index in [0.29, 0.717) is 0 Å². The van der Waals surface area contributed by atoms with Crippen molar-refractivity contribution < 1.29 is 56.5 Å². The Labute approximate surface area is 184 Å². The fourth-order valence-electron chi connectivity index (χ4n) is 2.69. The van der Waals surface area contributed by atoms with E-state index in [-0.39, 0.29) is 22.3 Å². The summed E-state index contributed by atoms with van der Waals surface area (Å²) in [7, 11) is -10.9. The summed E-state index contributed by atoms with van der Waals surface area (Å²) in [5.41, 5.74) is 5.88. The molecule has 1 aliphatic rings. The number of nitrogens with two attached hydrogens (primary N) is 1. The predicted molar refractivity (Wildman–Crippen MR) is 104 cm³/mol. The average Bonchev–Trinajstić information content (AvgIpc) is 3.12. The molecule has 1 saturated heterocycles. The maximum Gasteiger partial charge on any atom is 0.487 e. The highest BCUT2D eigenvalue weighted by Gasteiger charge is 2.46. The van der Waals surface area contributed by atoms with Crippen LogP contribution >= 0.6 is 34.7 Å². The third-order valence-corrected chi connectivity index (χ3v) is 7.97. The zero-order valence-corrected chi connectivity index (χ0v) is 18.8. The Kier molecular flexibility index (Phi) is 7.22. The first-order valence-corrected chi connectivity index (χ1v) is 13.1. The van der Waals surface area contributed by atoms with E-state index in [1.807, 2.05) is 0 Å². The summed E-state index contributed by atoms with van der Waals surface area (Å²) in [5, 5.41) is 20.3. The van der Waals surface area contributed by atoms with Crippen molar-refractivity contribution in [2.75, 3.05) is 12.3 Å². The Morgan fingerprint density at radius 1 is 1.19 bits per heavy atom. The van der Waals surface area contributed by atoms with Gasteiger partial charge in [-0.3, -0.25) is 9.13 Å². The number of fused-ring (bicyclic) bond motifs is 1. The number of hydrogen-bond acceptors (Lipinski definition) is 13.